The van der Waals surface area contributed by atoms with Crippen LogP contribution in [-0.2, 0) is 16.1 Å². The van der Waals surface area contributed by atoms with E-state index < -0.39 is 29.4 Å². The van der Waals surface area contributed by atoms with Gasteiger partial charge in [-0.2, -0.15) is 9.90 Å². The lowest BCUT2D eigenvalue weighted by Crippen LogP contribution is -2.31. The van der Waals surface area contributed by atoms with Gasteiger partial charge in [-0.05, 0) is 46.9 Å². The molecule has 0 radical (unpaired) electrons. The predicted octanol–water partition coefficient (Wildman–Crippen LogP) is 3.10. The van der Waals surface area contributed by atoms with E-state index in [0.717, 1.165) is 11.1 Å². The predicted molar refractivity (Wildman–Crippen MR) is 134 cm³/mol. The van der Waals surface area contributed by atoms with Crippen LogP contribution in [0.5, 0.6) is 0 Å². The molecule has 1 fully saturated rings. The minimum absolute atomic E-state index is 0.218. The lowest BCUT2D eigenvalue weighted by Gasteiger charge is -2.26. The quantitative estimate of drug-likeness (QED) is 0.218. The molecule has 1 aliphatic heterocycles. The molecule has 0 saturated carbocycles. The first kappa shape index (κ1) is 24.1. The van der Waals surface area contributed by atoms with Crippen molar-refractivity contribution in [3.05, 3.63) is 94.9 Å². The van der Waals surface area contributed by atoms with E-state index in [2.05, 4.69) is 39.5 Å². The highest BCUT2D eigenvalue weighted by molar-refractivity contribution is 6.48. The molecule has 37 heavy (non-hydrogen) atoms. The summed E-state index contributed by atoms with van der Waals surface area (Å²) in [6.45, 7) is 6.31. The zero-order valence-corrected chi connectivity index (χ0v) is 20.6. The van der Waals surface area contributed by atoms with Crippen LogP contribution in [0.3, 0.4) is 0 Å². The average Bonchev–Trinajstić information content (AvgIpc) is 3.51. The van der Waals surface area contributed by atoms with Gasteiger partial charge in [0.1, 0.15) is 5.92 Å². The highest BCUT2D eigenvalue weighted by Gasteiger charge is 2.52. The van der Waals surface area contributed by atoms with Crippen molar-refractivity contribution in [2.24, 2.45) is 5.92 Å². The second-order valence-corrected chi connectivity index (χ2v) is 9.34. The van der Waals surface area contributed by atoms with Crippen LogP contribution in [0.15, 0.2) is 67.0 Å². The van der Waals surface area contributed by atoms with Gasteiger partial charge < -0.3 is 0 Å². The van der Waals surface area contributed by atoms with E-state index in [0.29, 0.717) is 29.3 Å². The number of hydrogen-bond donors (Lipinski definition) is 0. The molecule has 1 aliphatic rings. The minimum atomic E-state index is -1.22. The van der Waals surface area contributed by atoms with E-state index in [1.54, 1.807) is 43.3 Å². The second-order valence-electron chi connectivity index (χ2n) is 9.34. The lowest BCUT2D eigenvalue weighted by molar-refractivity contribution is -0.135. The van der Waals surface area contributed by atoms with Gasteiger partial charge in [0.25, 0.3) is 5.91 Å². The third-order valence-electron chi connectivity index (χ3n) is 6.52. The summed E-state index contributed by atoms with van der Waals surface area (Å²) < 4.78 is 0. The van der Waals surface area contributed by atoms with Crippen molar-refractivity contribution in [2.45, 2.75) is 39.3 Å². The van der Waals surface area contributed by atoms with Crippen molar-refractivity contribution in [2.75, 3.05) is 4.90 Å². The lowest BCUT2D eigenvalue weighted by atomic mass is 9.85. The third kappa shape index (κ3) is 4.65. The minimum Gasteiger partial charge on any atom is -0.293 e. The van der Waals surface area contributed by atoms with E-state index >= 15 is 0 Å². The number of rotatable bonds is 7. The van der Waals surface area contributed by atoms with Crippen LogP contribution in [0.1, 0.15) is 58.5 Å². The Morgan fingerprint density at radius 1 is 0.946 bits per heavy atom. The maximum absolute atomic E-state index is 13.7. The Balaban J connectivity index is 1.55. The van der Waals surface area contributed by atoms with E-state index in [1.807, 2.05) is 24.3 Å². The Hall–Kier alpha value is -4.60. The summed E-state index contributed by atoms with van der Waals surface area (Å²) in [4.78, 5) is 43.0. The van der Waals surface area contributed by atoms with Crippen LogP contribution in [0.2, 0.25) is 0 Å². The smallest absolute Gasteiger partial charge is 0.293 e. The van der Waals surface area contributed by atoms with Gasteiger partial charge in [0.05, 0.1) is 18.3 Å². The van der Waals surface area contributed by atoms with Gasteiger partial charge in [0.2, 0.25) is 5.78 Å². The Kier molecular flexibility index (Phi) is 6.39. The zero-order chi connectivity index (χ0) is 26.1. The van der Waals surface area contributed by atoms with E-state index in [1.165, 1.54) is 16.0 Å². The van der Waals surface area contributed by atoms with Crippen molar-refractivity contribution in [1.29, 1.82) is 0 Å². The zero-order valence-electron chi connectivity index (χ0n) is 20.6. The first-order chi connectivity index (χ1) is 17.8. The summed E-state index contributed by atoms with van der Waals surface area (Å²) in [5.74, 6) is -2.65. The molecule has 0 N–H and O–H groups in total. The highest BCUT2D eigenvalue weighted by atomic mass is 16.2. The summed E-state index contributed by atoms with van der Waals surface area (Å²) in [6.07, 6.45) is 1.36. The summed E-state index contributed by atoms with van der Waals surface area (Å²) in [7, 11) is 0. The van der Waals surface area contributed by atoms with Crippen molar-refractivity contribution in [1.82, 2.24) is 30.4 Å². The fraction of sp³-hybridized carbons (Fsp3) is 0.259. The molecule has 0 spiro atoms. The van der Waals surface area contributed by atoms with E-state index in [4.69, 9.17) is 0 Å². The van der Waals surface area contributed by atoms with Crippen LogP contribution in [0.25, 0.3) is 0 Å². The molecule has 4 aromatic rings. The molecule has 2 aromatic carbocycles. The normalized spacial score (nSPS) is 17.6. The summed E-state index contributed by atoms with van der Waals surface area (Å²) in [5, 5.41) is 19.8. The monoisotopic (exact) mass is 495 g/mol. The molecule has 2 unspecified atom stereocenters. The van der Waals surface area contributed by atoms with Gasteiger partial charge in [-0.15, -0.1) is 15.3 Å². The van der Waals surface area contributed by atoms with Gasteiger partial charge in [0, 0.05) is 5.56 Å². The number of hydrogen-bond acceptors (Lipinski definition) is 8. The fourth-order valence-corrected chi connectivity index (χ4v) is 4.50. The molecule has 10 nitrogen and oxygen atoms in total. The SMILES string of the molecule is Cc1ccc(N2C(=O)C(=O)C(C(=O)c3ccc(C(C)C)cc3)C2c2ccc(Cn3ncnn3)cc2)nn1. The number of tetrazole rings is 1. The number of ketones is 2. The third-order valence-corrected chi connectivity index (χ3v) is 6.52. The van der Waals surface area contributed by atoms with Crippen LogP contribution in [-0.4, -0.2) is 47.9 Å². The van der Waals surface area contributed by atoms with Gasteiger partial charge in [-0.1, -0.05) is 62.4 Å². The number of carbonyl (C=O) groups is 3. The number of anilines is 1. The van der Waals surface area contributed by atoms with Crippen LogP contribution in [0.4, 0.5) is 5.82 Å². The Morgan fingerprint density at radius 3 is 2.27 bits per heavy atom. The highest BCUT2D eigenvalue weighted by Crippen LogP contribution is 2.40. The maximum Gasteiger partial charge on any atom is 0.297 e. The fourth-order valence-electron chi connectivity index (χ4n) is 4.50. The Labute approximate surface area is 213 Å². The number of aromatic nitrogens is 6. The second kappa shape index (κ2) is 9.81. The number of aryl methyl sites for hydroxylation is 1. The molecule has 3 heterocycles. The first-order valence-electron chi connectivity index (χ1n) is 11.9. The molecule has 1 amide bonds. The molecule has 2 aromatic heterocycles. The molecule has 5 rings (SSSR count). The number of benzene rings is 2. The average molecular weight is 496 g/mol. The van der Waals surface area contributed by atoms with Crippen molar-refractivity contribution in [3.8, 4) is 0 Å². The maximum atomic E-state index is 13.7. The molecule has 1 saturated heterocycles. The number of carbonyl (C=O) groups excluding carboxylic acids is 3. The van der Waals surface area contributed by atoms with Gasteiger partial charge >= 0.3 is 0 Å². The van der Waals surface area contributed by atoms with Gasteiger partial charge in [-0.25, -0.2) is 0 Å². The topological polar surface area (TPSA) is 124 Å². The number of Topliss-reactive ketones (excluding diaryl/α,β-unsaturated/α-hetero) is 2. The van der Waals surface area contributed by atoms with Crippen molar-refractivity contribution < 1.29 is 14.4 Å². The number of nitrogens with zero attached hydrogens (tertiary/aromatic N) is 7. The van der Waals surface area contributed by atoms with Gasteiger partial charge in [0.15, 0.2) is 17.9 Å². The Bertz CT molecular complexity index is 1430. The van der Waals surface area contributed by atoms with Crippen LogP contribution in [0, 0.1) is 12.8 Å². The summed E-state index contributed by atoms with van der Waals surface area (Å²) in [5.41, 5.74) is 3.66. The van der Waals surface area contributed by atoms with Crippen LogP contribution >= 0.6 is 0 Å². The molecule has 10 heteroatoms. The standard InChI is InChI=1S/C27H25N7O3/c1-16(2)19-9-11-21(12-10-19)25(35)23-24(20-7-5-18(6-8-20)14-33-29-15-28-32-33)34(27(37)26(23)36)22-13-4-17(3)30-31-22/h4-13,15-16,23-24H,14H2,1-3H3. The molecule has 0 aliphatic carbocycles. The number of amides is 1. The molecular weight excluding hydrogens is 470 g/mol. The van der Waals surface area contributed by atoms with Crippen molar-refractivity contribution in [3.63, 3.8) is 0 Å². The van der Waals surface area contributed by atoms with Crippen molar-refractivity contribution >= 4 is 23.3 Å². The summed E-state index contributed by atoms with van der Waals surface area (Å²) in [6, 6.07) is 17.0. The van der Waals surface area contributed by atoms with Gasteiger partial charge in [-0.3, -0.25) is 19.3 Å². The van der Waals surface area contributed by atoms with E-state index in [9.17, 15) is 14.4 Å². The van der Waals surface area contributed by atoms with E-state index in [-0.39, 0.29) is 5.82 Å². The van der Waals surface area contributed by atoms with Crippen LogP contribution < -0.4 is 4.90 Å². The molecule has 2 atom stereocenters. The molecule has 186 valence electrons. The first-order valence-corrected chi connectivity index (χ1v) is 11.9. The molecule has 0 bridgehead atoms. The largest absolute Gasteiger partial charge is 0.297 e. The summed E-state index contributed by atoms with van der Waals surface area (Å²) >= 11 is 0. The Morgan fingerprint density at radius 2 is 1.68 bits per heavy atom. The molecular formula is C27H25N7O3.